The Morgan fingerprint density at radius 2 is 1.84 bits per heavy atom. The summed E-state index contributed by atoms with van der Waals surface area (Å²) in [5, 5.41) is 0. The molecule has 0 amide bonds. The Bertz CT molecular complexity index is 437. The fraction of sp³-hybridized carbons (Fsp3) is 0.562. The van der Waals surface area contributed by atoms with Gasteiger partial charge in [-0.25, -0.2) is 4.39 Å². The van der Waals surface area contributed by atoms with E-state index < -0.39 is 0 Å². The summed E-state index contributed by atoms with van der Waals surface area (Å²) in [4.78, 5) is 14.7. The lowest BCUT2D eigenvalue weighted by Crippen LogP contribution is -2.44. The van der Waals surface area contributed by atoms with Gasteiger partial charge in [0, 0.05) is 18.2 Å². The first-order valence-corrected chi connectivity index (χ1v) is 7.04. The van der Waals surface area contributed by atoms with Crippen LogP contribution in [0.1, 0.15) is 44.0 Å². The van der Waals surface area contributed by atoms with Crippen LogP contribution in [0.2, 0.25) is 0 Å². The van der Waals surface area contributed by atoms with Crippen molar-refractivity contribution in [2.24, 2.45) is 5.92 Å². The van der Waals surface area contributed by atoms with Crippen molar-refractivity contribution < 1.29 is 9.18 Å². The second kappa shape index (κ2) is 5.83. The zero-order valence-electron chi connectivity index (χ0n) is 11.9. The average Bonchev–Trinajstić information content (AvgIpc) is 3.19. The van der Waals surface area contributed by atoms with Crippen LogP contribution in [-0.2, 0) is 0 Å². The molecule has 104 valence electrons. The van der Waals surface area contributed by atoms with E-state index in [0.717, 1.165) is 12.5 Å². The van der Waals surface area contributed by atoms with Gasteiger partial charge in [-0.2, -0.15) is 0 Å². The lowest BCUT2D eigenvalue weighted by Gasteiger charge is -2.32. The summed E-state index contributed by atoms with van der Waals surface area (Å²) < 4.78 is 12.9. The molecular formula is C16H22FNO. The highest BCUT2D eigenvalue weighted by molar-refractivity contribution is 5.99. The van der Waals surface area contributed by atoms with Gasteiger partial charge >= 0.3 is 0 Å². The summed E-state index contributed by atoms with van der Waals surface area (Å²) in [6.07, 6.45) is 2.56. The third-order valence-corrected chi connectivity index (χ3v) is 3.83. The first-order valence-electron chi connectivity index (χ1n) is 7.04. The molecule has 1 aliphatic rings. The zero-order chi connectivity index (χ0) is 14.0. The average molecular weight is 263 g/mol. The van der Waals surface area contributed by atoms with E-state index >= 15 is 0 Å². The Kier molecular flexibility index (Phi) is 4.35. The largest absolute Gasteiger partial charge is 0.292 e. The van der Waals surface area contributed by atoms with E-state index in [1.807, 2.05) is 6.92 Å². The van der Waals surface area contributed by atoms with E-state index in [2.05, 4.69) is 18.7 Å². The maximum atomic E-state index is 12.9. The summed E-state index contributed by atoms with van der Waals surface area (Å²) in [7, 11) is 0. The summed E-state index contributed by atoms with van der Waals surface area (Å²) in [5.74, 6) is 0.531. The molecule has 19 heavy (non-hydrogen) atoms. The van der Waals surface area contributed by atoms with Crippen molar-refractivity contribution in [3.63, 3.8) is 0 Å². The molecule has 1 aromatic carbocycles. The normalized spacial score (nSPS) is 16.9. The monoisotopic (exact) mass is 263 g/mol. The Hall–Kier alpha value is -1.22. The molecule has 2 rings (SSSR count). The van der Waals surface area contributed by atoms with Crippen LogP contribution in [-0.4, -0.2) is 29.3 Å². The minimum Gasteiger partial charge on any atom is -0.292 e. The molecular weight excluding hydrogens is 241 g/mol. The number of ketones is 1. The Morgan fingerprint density at radius 3 is 2.32 bits per heavy atom. The summed E-state index contributed by atoms with van der Waals surface area (Å²) in [5.41, 5.74) is 0.593. The summed E-state index contributed by atoms with van der Waals surface area (Å²) in [6.45, 7) is 7.19. The molecule has 1 unspecified atom stereocenters. The predicted molar refractivity (Wildman–Crippen MR) is 74.8 cm³/mol. The predicted octanol–water partition coefficient (Wildman–Crippen LogP) is 3.52. The molecule has 0 radical (unpaired) electrons. The van der Waals surface area contributed by atoms with Crippen molar-refractivity contribution in [3.8, 4) is 0 Å². The molecule has 0 heterocycles. The number of carbonyl (C=O) groups excluding carboxylic acids is 1. The molecule has 0 spiro atoms. The van der Waals surface area contributed by atoms with E-state index in [1.165, 1.54) is 25.0 Å². The number of hydrogen-bond donors (Lipinski definition) is 0. The molecule has 1 fully saturated rings. The third kappa shape index (κ3) is 3.63. The maximum Gasteiger partial charge on any atom is 0.179 e. The van der Waals surface area contributed by atoms with Crippen LogP contribution in [0.25, 0.3) is 0 Å². The third-order valence-electron chi connectivity index (χ3n) is 3.83. The molecule has 0 N–H and O–H groups in total. The Balaban J connectivity index is 2.08. The van der Waals surface area contributed by atoms with Gasteiger partial charge in [-0.1, -0.05) is 0 Å². The minimum atomic E-state index is -0.303. The summed E-state index contributed by atoms with van der Waals surface area (Å²) >= 11 is 0. The number of Topliss-reactive ketones (excluding diaryl/α,β-unsaturated/α-hetero) is 1. The number of hydrogen-bond acceptors (Lipinski definition) is 2. The molecule has 1 aliphatic carbocycles. The van der Waals surface area contributed by atoms with Crippen molar-refractivity contribution in [2.75, 3.05) is 6.54 Å². The van der Waals surface area contributed by atoms with Gasteiger partial charge in [0.1, 0.15) is 5.82 Å². The molecule has 1 aromatic rings. The van der Waals surface area contributed by atoms with Crippen LogP contribution in [0.4, 0.5) is 4.39 Å². The second-order valence-corrected chi connectivity index (χ2v) is 5.78. The number of halogens is 1. The lowest BCUT2D eigenvalue weighted by atomic mass is 10.0. The molecule has 1 saturated carbocycles. The van der Waals surface area contributed by atoms with Crippen molar-refractivity contribution in [2.45, 2.75) is 45.7 Å². The standard InChI is InChI=1S/C16H22FNO/c1-11(2)18(10-13-4-5-13)12(3)16(19)14-6-8-15(17)9-7-14/h6-9,11-13H,4-5,10H2,1-3H3. The molecule has 0 aliphatic heterocycles. The SMILES string of the molecule is CC(C)N(CC1CC1)C(C)C(=O)c1ccc(F)cc1. The van der Waals surface area contributed by atoms with Crippen LogP contribution < -0.4 is 0 Å². The fourth-order valence-electron chi connectivity index (χ4n) is 2.42. The number of carbonyl (C=O) groups is 1. The number of benzene rings is 1. The van der Waals surface area contributed by atoms with Crippen molar-refractivity contribution in [1.82, 2.24) is 4.90 Å². The molecule has 2 nitrogen and oxygen atoms in total. The van der Waals surface area contributed by atoms with Crippen LogP contribution >= 0.6 is 0 Å². The van der Waals surface area contributed by atoms with Gasteiger partial charge in [0.25, 0.3) is 0 Å². The highest BCUT2D eigenvalue weighted by atomic mass is 19.1. The van der Waals surface area contributed by atoms with Crippen molar-refractivity contribution >= 4 is 5.78 Å². The first kappa shape index (κ1) is 14.2. The van der Waals surface area contributed by atoms with E-state index in [-0.39, 0.29) is 17.6 Å². The van der Waals surface area contributed by atoms with Crippen molar-refractivity contribution in [1.29, 1.82) is 0 Å². The second-order valence-electron chi connectivity index (χ2n) is 5.78. The van der Waals surface area contributed by atoms with Crippen LogP contribution in [0.5, 0.6) is 0 Å². The van der Waals surface area contributed by atoms with Gasteiger partial charge in [0.05, 0.1) is 6.04 Å². The Morgan fingerprint density at radius 1 is 1.26 bits per heavy atom. The first-order chi connectivity index (χ1) is 8.99. The highest BCUT2D eigenvalue weighted by Gasteiger charge is 2.30. The minimum absolute atomic E-state index is 0.0781. The Labute approximate surface area is 114 Å². The van der Waals surface area contributed by atoms with E-state index in [0.29, 0.717) is 11.6 Å². The van der Waals surface area contributed by atoms with Gasteiger partial charge in [-0.05, 0) is 63.8 Å². The molecule has 0 saturated heterocycles. The summed E-state index contributed by atoms with van der Waals surface area (Å²) in [6, 6.07) is 6.04. The van der Waals surface area contributed by atoms with E-state index in [1.54, 1.807) is 12.1 Å². The van der Waals surface area contributed by atoms with E-state index in [4.69, 9.17) is 0 Å². The van der Waals surface area contributed by atoms with Gasteiger partial charge < -0.3 is 0 Å². The maximum absolute atomic E-state index is 12.9. The quantitative estimate of drug-likeness (QED) is 0.732. The fourth-order valence-corrected chi connectivity index (χ4v) is 2.42. The number of nitrogens with zero attached hydrogens (tertiary/aromatic N) is 1. The van der Waals surface area contributed by atoms with Crippen LogP contribution in [0.3, 0.4) is 0 Å². The van der Waals surface area contributed by atoms with E-state index in [9.17, 15) is 9.18 Å². The topological polar surface area (TPSA) is 20.3 Å². The number of rotatable bonds is 6. The van der Waals surface area contributed by atoms with Crippen LogP contribution in [0, 0.1) is 11.7 Å². The van der Waals surface area contributed by atoms with Gasteiger partial charge in [0.2, 0.25) is 0 Å². The molecule has 0 aromatic heterocycles. The zero-order valence-corrected chi connectivity index (χ0v) is 11.9. The van der Waals surface area contributed by atoms with Gasteiger partial charge in [0.15, 0.2) is 5.78 Å². The van der Waals surface area contributed by atoms with Gasteiger partial charge in [-0.3, -0.25) is 9.69 Å². The molecule has 1 atom stereocenters. The van der Waals surface area contributed by atoms with Crippen LogP contribution in [0.15, 0.2) is 24.3 Å². The van der Waals surface area contributed by atoms with Crippen molar-refractivity contribution in [3.05, 3.63) is 35.6 Å². The highest BCUT2D eigenvalue weighted by Crippen LogP contribution is 2.31. The smallest absolute Gasteiger partial charge is 0.179 e. The molecule has 3 heteroatoms. The van der Waals surface area contributed by atoms with Gasteiger partial charge in [-0.15, -0.1) is 0 Å². The molecule has 0 bridgehead atoms. The lowest BCUT2D eigenvalue weighted by molar-refractivity contribution is 0.0778.